The number of hydrogen-bond donors (Lipinski definition) is 3. The maximum Gasteiger partial charge on any atom is 0.326 e. The lowest BCUT2D eigenvalue weighted by Crippen LogP contribution is -2.50. The Labute approximate surface area is 129 Å². The second-order valence-corrected chi connectivity index (χ2v) is 5.67. The molecular weight excluding hydrogens is 296 g/mol. The summed E-state index contributed by atoms with van der Waals surface area (Å²) in [5.41, 5.74) is 0. The number of thioether (sulfide) groups is 1. The summed E-state index contributed by atoms with van der Waals surface area (Å²) in [6.07, 6.45) is 2.92. The first kappa shape index (κ1) is 19.6. The number of rotatable bonds is 10. The van der Waals surface area contributed by atoms with Gasteiger partial charge in [-0.15, -0.1) is 0 Å². The summed E-state index contributed by atoms with van der Waals surface area (Å²) in [4.78, 5) is 35.1. The Bertz CT molecular complexity index is 364. The van der Waals surface area contributed by atoms with E-state index in [0.29, 0.717) is 0 Å². The van der Waals surface area contributed by atoms with Crippen molar-refractivity contribution in [1.82, 2.24) is 10.2 Å². The molecule has 0 aliphatic rings. The Morgan fingerprint density at radius 2 is 1.90 bits per heavy atom. The third-order valence-electron chi connectivity index (χ3n) is 3.18. The van der Waals surface area contributed by atoms with Gasteiger partial charge in [0.25, 0.3) is 0 Å². The number of hydrogen-bond acceptors (Lipinski definition) is 4. The number of carbonyl (C=O) groups is 3. The van der Waals surface area contributed by atoms with Crippen LogP contribution in [0.15, 0.2) is 0 Å². The number of carboxylic acids is 2. The molecule has 8 heteroatoms. The topological polar surface area (TPSA) is 107 Å². The molecular formula is C13H24N2O5S. The molecule has 0 aromatic heterocycles. The molecule has 2 atom stereocenters. The maximum absolute atomic E-state index is 12.1. The van der Waals surface area contributed by atoms with Gasteiger partial charge in [0.05, 0.1) is 0 Å². The van der Waals surface area contributed by atoms with E-state index in [-0.39, 0.29) is 25.3 Å². The van der Waals surface area contributed by atoms with Gasteiger partial charge < -0.3 is 20.4 Å². The van der Waals surface area contributed by atoms with Crippen molar-refractivity contribution in [3.63, 3.8) is 0 Å². The normalized spacial score (nSPS) is 13.3. The van der Waals surface area contributed by atoms with E-state index in [1.165, 1.54) is 4.90 Å². The van der Waals surface area contributed by atoms with Crippen LogP contribution in [0.25, 0.3) is 0 Å². The van der Waals surface area contributed by atoms with Gasteiger partial charge >= 0.3 is 18.0 Å². The van der Waals surface area contributed by atoms with Crippen molar-refractivity contribution >= 4 is 29.7 Å². The molecule has 0 aromatic carbocycles. The lowest BCUT2D eigenvalue weighted by atomic mass is 10.1. The smallest absolute Gasteiger partial charge is 0.326 e. The molecule has 2 amide bonds. The Balaban J connectivity index is 4.51. The highest BCUT2D eigenvalue weighted by molar-refractivity contribution is 7.98. The summed E-state index contributed by atoms with van der Waals surface area (Å²) in [5.74, 6) is -1.36. The van der Waals surface area contributed by atoms with E-state index in [1.807, 2.05) is 13.2 Å². The standard InChI is InChI=1S/C13H24N2O5S/c1-4-9(8-21-3)15(2)13(20)14-10(12(18)19)6-5-7-11(16)17/h9-10H,4-8H2,1-3H3,(H,14,20)(H,16,17)(H,18,19)/t9?,10-/m1/s1. The number of nitrogens with zero attached hydrogens (tertiary/aromatic N) is 1. The molecule has 0 aromatic rings. The quantitative estimate of drug-likeness (QED) is 0.563. The van der Waals surface area contributed by atoms with Gasteiger partial charge in [0.15, 0.2) is 0 Å². The van der Waals surface area contributed by atoms with Crippen molar-refractivity contribution in [3.8, 4) is 0 Å². The Hall–Kier alpha value is -1.44. The lowest BCUT2D eigenvalue weighted by molar-refractivity contribution is -0.140. The molecule has 0 saturated heterocycles. The molecule has 122 valence electrons. The molecule has 0 radical (unpaired) electrons. The van der Waals surface area contributed by atoms with Gasteiger partial charge in [-0.1, -0.05) is 6.92 Å². The van der Waals surface area contributed by atoms with Crippen LogP contribution in [-0.2, 0) is 9.59 Å². The molecule has 0 fully saturated rings. The van der Waals surface area contributed by atoms with Crippen LogP contribution in [-0.4, -0.2) is 64.2 Å². The third kappa shape index (κ3) is 7.79. The second-order valence-electron chi connectivity index (χ2n) is 4.75. The van der Waals surface area contributed by atoms with Crippen LogP contribution in [0.4, 0.5) is 4.79 Å². The minimum Gasteiger partial charge on any atom is -0.481 e. The first-order valence-corrected chi connectivity index (χ1v) is 8.19. The number of amides is 2. The van der Waals surface area contributed by atoms with Gasteiger partial charge in [-0.3, -0.25) is 4.79 Å². The molecule has 0 heterocycles. The predicted molar refractivity (Wildman–Crippen MR) is 81.7 cm³/mol. The van der Waals surface area contributed by atoms with Gasteiger partial charge in [-0.2, -0.15) is 11.8 Å². The van der Waals surface area contributed by atoms with Gasteiger partial charge in [0.2, 0.25) is 0 Å². The first-order valence-electron chi connectivity index (χ1n) is 6.80. The molecule has 0 saturated carbocycles. The fourth-order valence-corrected chi connectivity index (χ4v) is 2.67. The summed E-state index contributed by atoms with van der Waals surface area (Å²) in [5, 5.41) is 20.1. The fraction of sp³-hybridized carbons (Fsp3) is 0.769. The van der Waals surface area contributed by atoms with Crippen molar-refractivity contribution in [1.29, 1.82) is 0 Å². The minimum atomic E-state index is -1.15. The Kier molecular flexibility index (Phi) is 9.60. The van der Waals surface area contributed by atoms with E-state index in [0.717, 1.165) is 12.2 Å². The minimum absolute atomic E-state index is 0.0356. The monoisotopic (exact) mass is 320 g/mol. The zero-order valence-electron chi connectivity index (χ0n) is 12.7. The van der Waals surface area contributed by atoms with E-state index in [2.05, 4.69) is 5.32 Å². The Morgan fingerprint density at radius 1 is 1.29 bits per heavy atom. The lowest BCUT2D eigenvalue weighted by Gasteiger charge is -2.28. The van der Waals surface area contributed by atoms with Gasteiger partial charge in [0.1, 0.15) is 6.04 Å². The number of aliphatic carboxylic acids is 2. The van der Waals surface area contributed by atoms with Crippen molar-refractivity contribution in [2.24, 2.45) is 0 Å². The van der Waals surface area contributed by atoms with Crippen LogP contribution < -0.4 is 5.32 Å². The molecule has 0 rings (SSSR count). The maximum atomic E-state index is 12.1. The van der Waals surface area contributed by atoms with Crippen molar-refractivity contribution < 1.29 is 24.6 Å². The van der Waals surface area contributed by atoms with Crippen LogP contribution in [0.3, 0.4) is 0 Å². The van der Waals surface area contributed by atoms with Crippen LogP contribution >= 0.6 is 11.8 Å². The van der Waals surface area contributed by atoms with E-state index in [9.17, 15) is 14.4 Å². The van der Waals surface area contributed by atoms with Crippen LogP contribution in [0.2, 0.25) is 0 Å². The number of nitrogens with one attached hydrogen (secondary N) is 1. The fourth-order valence-electron chi connectivity index (χ4n) is 1.83. The largest absolute Gasteiger partial charge is 0.481 e. The molecule has 7 nitrogen and oxygen atoms in total. The molecule has 0 bridgehead atoms. The van der Waals surface area contributed by atoms with Crippen LogP contribution in [0, 0.1) is 0 Å². The summed E-state index contributed by atoms with van der Waals surface area (Å²) >= 11 is 1.62. The summed E-state index contributed by atoms with van der Waals surface area (Å²) in [6.45, 7) is 1.96. The van der Waals surface area contributed by atoms with Gasteiger partial charge in [0, 0.05) is 25.3 Å². The van der Waals surface area contributed by atoms with Crippen LogP contribution in [0.1, 0.15) is 32.6 Å². The molecule has 0 aliphatic carbocycles. The predicted octanol–water partition coefficient (Wildman–Crippen LogP) is 1.48. The van der Waals surface area contributed by atoms with Gasteiger partial charge in [-0.25, -0.2) is 9.59 Å². The second kappa shape index (κ2) is 10.3. The zero-order valence-corrected chi connectivity index (χ0v) is 13.5. The molecule has 1 unspecified atom stereocenters. The van der Waals surface area contributed by atoms with Crippen molar-refractivity contribution in [2.75, 3.05) is 19.1 Å². The summed E-state index contributed by atoms with van der Waals surface area (Å²) in [6, 6.07) is -1.47. The first-order chi connectivity index (χ1) is 9.83. The number of urea groups is 1. The summed E-state index contributed by atoms with van der Waals surface area (Å²) in [7, 11) is 1.63. The van der Waals surface area contributed by atoms with Crippen LogP contribution in [0.5, 0.6) is 0 Å². The molecule has 0 spiro atoms. The van der Waals surface area contributed by atoms with E-state index < -0.39 is 24.0 Å². The average molecular weight is 320 g/mol. The Morgan fingerprint density at radius 3 is 2.33 bits per heavy atom. The molecule has 3 N–H and O–H groups in total. The SMILES string of the molecule is CCC(CSC)N(C)C(=O)N[C@H](CCCC(=O)O)C(=O)O. The zero-order chi connectivity index (χ0) is 16.4. The summed E-state index contributed by atoms with van der Waals surface area (Å²) < 4.78 is 0. The number of carbonyl (C=O) groups excluding carboxylic acids is 1. The third-order valence-corrected chi connectivity index (χ3v) is 3.90. The van der Waals surface area contributed by atoms with E-state index in [4.69, 9.17) is 10.2 Å². The highest BCUT2D eigenvalue weighted by Crippen LogP contribution is 2.09. The molecule has 0 aliphatic heterocycles. The van der Waals surface area contributed by atoms with E-state index in [1.54, 1.807) is 18.8 Å². The average Bonchev–Trinajstić information content (AvgIpc) is 2.42. The van der Waals surface area contributed by atoms with Gasteiger partial charge in [-0.05, 0) is 25.5 Å². The molecule has 21 heavy (non-hydrogen) atoms. The van der Waals surface area contributed by atoms with Crippen molar-refractivity contribution in [2.45, 2.75) is 44.7 Å². The van der Waals surface area contributed by atoms with Crippen molar-refractivity contribution in [3.05, 3.63) is 0 Å². The highest BCUT2D eigenvalue weighted by atomic mass is 32.2. The van der Waals surface area contributed by atoms with E-state index >= 15 is 0 Å². The highest BCUT2D eigenvalue weighted by Gasteiger charge is 2.24. The number of carboxylic acid groups (broad SMARTS) is 2.